The van der Waals surface area contributed by atoms with Gasteiger partial charge in [-0.1, -0.05) is 6.07 Å². The molecule has 2 fully saturated rings. The Balaban J connectivity index is 1.60. The number of ether oxygens (including phenoxy) is 2. The van der Waals surface area contributed by atoms with E-state index in [0.29, 0.717) is 6.10 Å². The first-order valence-corrected chi connectivity index (χ1v) is 8.38. The highest BCUT2D eigenvalue weighted by Gasteiger charge is 2.18. The quantitative estimate of drug-likeness (QED) is 0.912. The smallest absolute Gasteiger partial charge is 0.133 e. The van der Waals surface area contributed by atoms with Crippen LogP contribution in [0.1, 0.15) is 31.2 Å². The fourth-order valence-corrected chi connectivity index (χ4v) is 3.49. The third kappa shape index (κ3) is 3.74. The van der Waals surface area contributed by atoms with E-state index in [1.54, 1.807) is 0 Å². The molecular weight excluding hydrogens is 318 g/mol. The molecule has 1 saturated heterocycles. The molecule has 1 aliphatic heterocycles. The Morgan fingerprint density at radius 2 is 2.15 bits per heavy atom. The molecule has 3 rings (SSSR count). The minimum atomic E-state index is 0.289. The summed E-state index contributed by atoms with van der Waals surface area (Å²) in [6.45, 7) is 2.72. The van der Waals surface area contributed by atoms with Gasteiger partial charge in [0.15, 0.2) is 0 Å². The molecule has 1 heterocycles. The van der Waals surface area contributed by atoms with E-state index in [1.165, 1.54) is 31.2 Å². The van der Waals surface area contributed by atoms with E-state index in [9.17, 15) is 0 Å². The van der Waals surface area contributed by atoms with Gasteiger partial charge < -0.3 is 14.8 Å². The number of nitrogens with one attached hydrogen (secondary N) is 1. The zero-order chi connectivity index (χ0) is 13.8. The highest BCUT2D eigenvalue weighted by Crippen LogP contribution is 2.31. The lowest BCUT2D eigenvalue weighted by atomic mass is 10.1. The van der Waals surface area contributed by atoms with Crippen molar-refractivity contribution >= 4 is 15.9 Å². The maximum absolute atomic E-state index is 6.06. The van der Waals surface area contributed by atoms with Crippen molar-refractivity contribution in [1.82, 2.24) is 5.32 Å². The van der Waals surface area contributed by atoms with Crippen molar-refractivity contribution in [2.45, 2.75) is 44.3 Å². The zero-order valence-corrected chi connectivity index (χ0v) is 13.3. The molecule has 110 valence electrons. The van der Waals surface area contributed by atoms with E-state index in [-0.39, 0.29) is 6.10 Å². The van der Waals surface area contributed by atoms with Gasteiger partial charge in [-0.05, 0) is 65.7 Å². The second-order valence-electron chi connectivity index (χ2n) is 5.69. The van der Waals surface area contributed by atoms with Crippen LogP contribution in [-0.4, -0.2) is 31.9 Å². The van der Waals surface area contributed by atoms with E-state index in [2.05, 4.69) is 39.4 Å². The van der Waals surface area contributed by atoms with Gasteiger partial charge in [0.2, 0.25) is 0 Å². The molecule has 0 bridgehead atoms. The Kier molecular flexibility index (Phi) is 4.97. The summed E-state index contributed by atoms with van der Waals surface area (Å²) in [7, 11) is 0. The topological polar surface area (TPSA) is 30.5 Å². The predicted molar refractivity (Wildman–Crippen MR) is 83.3 cm³/mol. The van der Waals surface area contributed by atoms with Crippen LogP contribution >= 0.6 is 15.9 Å². The zero-order valence-electron chi connectivity index (χ0n) is 11.7. The molecule has 3 nitrogen and oxygen atoms in total. The van der Waals surface area contributed by atoms with Crippen molar-refractivity contribution in [2.75, 3.05) is 19.7 Å². The van der Waals surface area contributed by atoms with Gasteiger partial charge in [0, 0.05) is 13.1 Å². The van der Waals surface area contributed by atoms with Gasteiger partial charge in [0.25, 0.3) is 0 Å². The monoisotopic (exact) mass is 339 g/mol. The van der Waals surface area contributed by atoms with Gasteiger partial charge in [-0.25, -0.2) is 0 Å². The molecule has 1 saturated carbocycles. The van der Waals surface area contributed by atoms with Gasteiger partial charge >= 0.3 is 0 Å². The van der Waals surface area contributed by atoms with E-state index in [4.69, 9.17) is 9.47 Å². The first-order chi connectivity index (χ1) is 9.81. The standard InChI is InChI=1S/C16H22BrNO2/c17-15-10-12(9-14-11-18-7-8-19-14)5-6-16(15)20-13-3-1-2-4-13/h5-6,10,13-14,18H,1-4,7-9,11H2/t14-/m1/s1. The first-order valence-electron chi connectivity index (χ1n) is 7.58. The predicted octanol–water partition coefficient (Wildman–Crippen LogP) is 3.30. The highest BCUT2D eigenvalue weighted by molar-refractivity contribution is 9.10. The summed E-state index contributed by atoms with van der Waals surface area (Å²) >= 11 is 3.64. The molecule has 20 heavy (non-hydrogen) atoms. The molecule has 0 amide bonds. The number of hydrogen-bond donors (Lipinski definition) is 1. The molecule has 2 aliphatic rings. The summed E-state index contributed by atoms with van der Waals surface area (Å²) in [5, 5.41) is 3.37. The van der Waals surface area contributed by atoms with Gasteiger partial charge in [-0.3, -0.25) is 0 Å². The fraction of sp³-hybridized carbons (Fsp3) is 0.625. The number of hydrogen-bond acceptors (Lipinski definition) is 3. The van der Waals surface area contributed by atoms with Crippen LogP contribution in [0.25, 0.3) is 0 Å². The third-order valence-electron chi connectivity index (χ3n) is 4.06. The van der Waals surface area contributed by atoms with E-state index in [1.807, 2.05) is 0 Å². The van der Waals surface area contributed by atoms with Crippen molar-refractivity contribution in [3.05, 3.63) is 28.2 Å². The molecule has 0 unspecified atom stereocenters. The van der Waals surface area contributed by atoms with Crippen LogP contribution in [0.2, 0.25) is 0 Å². The Hall–Kier alpha value is -0.580. The molecule has 1 aromatic carbocycles. The second kappa shape index (κ2) is 6.92. The van der Waals surface area contributed by atoms with Crippen molar-refractivity contribution in [3.63, 3.8) is 0 Å². The van der Waals surface area contributed by atoms with Gasteiger partial charge in [0.05, 0.1) is 23.3 Å². The fourth-order valence-electron chi connectivity index (χ4n) is 2.97. The lowest BCUT2D eigenvalue weighted by Crippen LogP contribution is -2.39. The average Bonchev–Trinajstić information content (AvgIpc) is 2.96. The molecule has 1 aromatic rings. The minimum Gasteiger partial charge on any atom is -0.489 e. The largest absolute Gasteiger partial charge is 0.489 e. The second-order valence-corrected chi connectivity index (χ2v) is 6.54. The van der Waals surface area contributed by atoms with Crippen LogP contribution in [-0.2, 0) is 11.2 Å². The molecule has 0 radical (unpaired) electrons. The molecule has 0 spiro atoms. The van der Waals surface area contributed by atoms with Crippen molar-refractivity contribution in [3.8, 4) is 5.75 Å². The highest BCUT2D eigenvalue weighted by atomic mass is 79.9. The van der Waals surface area contributed by atoms with Gasteiger partial charge in [-0.2, -0.15) is 0 Å². The lowest BCUT2D eigenvalue weighted by Gasteiger charge is -2.24. The molecule has 4 heteroatoms. The van der Waals surface area contributed by atoms with Crippen LogP contribution in [0, 0.1) is 0 Å². The Bertz CT molecular complexity index is 440. The van der Waals surface area contributed by atoms with Crippen LogP contribution in [0.5, 0.6) is 5.75 Å². The molecule has 1 N–H and O–H groups in total. The summed E-state index contributed by atoms with van der Waals surface area (Å²) in [4.78, 5) is 0. The van der Waals surface area contributed by atoms with E-state index >= 15 is 0 Å². The average molecular weight is 340 g/mol. The van der Waals surface area contributed by atoms with Crippen molar-refractivity contribution < 1.29 is 9.47 Å². The lowest BCUT2D eigenvalue weighted by molar-refractivity contribution is 0.0292. The van der Waals surface area contributed by atoms with Gasteiger partial charge in [-0.15, -0.1) is 0 Å². The summed E-state index contributed by atoms with van der Waals surface area (Å²) in [6, 6.07) is 6.42. The molecule has 1 atom stereocenters. The maximum Gasteiger partial charge on any atom is 0.133 e. The van der Waals surface area contributed by atoms with Crippen molar-refractivity contribution in [1.29, 1.82) is 0 Å². The molecule has 1 aliphatic carbocycles. The summed E-state index contributed by atoms with van der Waals surface area (Å²) < 4.78 is 12.9. The maximum atomic E-state index is 6.06. The third-order valence-corrected chi connectivity index (χ3v) is 4.68. The van der Waals surface area contributed by atoms with Crippen LogP contribution in [0.3, 0.4) is 0 Å². The van der Waals surface area contributed by atoms with Crippen LogP contribution in [0.4, 0.5) is 0 Å². The number of benzene rings is 1. The number of halogens is 1. The minimum absolute atomic E-state index is 0.289. The van der Waals surface area contributed by atoms with Crippen LogP contribution in [0.15, 0.2) is 22.7 Å². The van der Waals surface area contributed by atoms with Gasteiger partial charge in [0.1, 0.15) is 5.75 Å². The summed E-state index contributed by atoms with van der Waals surface area (Å²) in [5.41, 5.74) is 1.30. The SMILES string of the molecule is Brc1cc(C[C@@H]2CNCCO2)ccc1OC1CCCC1. The number of morpholine rings is 1. The van der Waals surface area contributed by atoms with E-state index < -0.39 is 0 Å². The Morgan fingerprint density at radius 3 is 2.85 bits per heavy atom. The normalized spacial score (nSPS) is 23.9. The summed E-state index contributed by atoms with van der Waals surface area (Å²) in [6.07, 6.45) is 6.62. The van der Waals surface area contributed by atoms with Crippen LogP contribution < -0.4 is 10.1 Å². The van der Waals surface area contributed by atoms with E-state index in [0.717, 1.165) is 36.3 Å². The Morgan fingerprint density at radius 1 is 1.30 bits per heavy atom. The molecule has 0 aromatic heterocycles. The number of rotatable bonds is 4. The molecular formula is C16H22BrNO2. The first kappa shape index (κ1) is 14.4. The Labute approximate surface area is 129 Å². The summed E-state index contributed by atoms with van der Waals surface area (Å²) in [5.74, 6) is 0.975. The van der Waals surface area contributed by atoms with Crippen molar-refractivity contribution in [2.24, 2.45) is 0 Å².